The number of anilines is 1. The number of allylic oxidation sites excluding steroid dienone is 2. The second kappa shape index (κ2) is 9.51. The molecule has 13 nitrogen and oxygen atoms in total. The molecule has 1 aromatic rings. The van der Waals surface area contributed by atoms with E-state index in [1.54, 1.807) is 5.38 Å². The molecule has 3 atom stereocenters. The fraction of sp³-hybridized carbons (Fsp3) is 0.300. The predicted octanol–water partition coefficient (Wildman–Crippen LogP) is -0.0848. The average molecular weight is 549 g/mol. The molecule has 2 amide bonds. The number of carbonyl (C=O) groups is 3. The molecule has 1 fully saturated rings. The fourth-order valence-electron chi connectivity index (χ4n) is 4.13. The second-order valence-corrected chi connectivity index (χ2v) is 10.9. The van der Waals surface area contributed by atoms with E-state index in [1.807, 2.05) is 23.3 Å². The molecule has 4 aliphatic rings. The second-order valence-electron chi connectivity index (χ2n) is 7.84. The first kappa shape index (κ1) is 24.2. The Morgan fingerprint density at radius 3 is 2.89 bits per heavy atom. The van der Waals surface area contributed by atoms with Gasteiger partial charge in [0.15, 0.2) is 16.0 Å². The molecule has 0 aliphatic carbocycles. The van der Waals surface area contributed by atoms with Crippen molar-refractivity contribution in [3.8, 4) is 0 Å². The number of amidine groups is 1. The van der Waals surface area contributed by atoms with E-state index in [2.05, 4.69) is 20.4 Å². The summed E-state index contributed by atoms with van der Waals surface area (Å²) < 4.78 is 0. The molecule has 0 saturated carbocycles. The zero-order chi connectivity index (χ0) is 25.6. The number of fused-ring (bicyclic) bond motifs is 2. The fourth-order valence-corrected chi connectivity index (χ4v) is 6.94. The van der Waals surface area contributed by atoms with Crippen molar-refractivity contribution in [2.24, 2.45) is 15.9 Å². The predicted molar refractivity (Wildman–Crippen MR) is 137 cm³/mol. The highest BCUT2D eigenvalue weighted by atomic mass is 32.2. The van der Waals surface area contributed by atoms with E-state index in [0.717, 1.165) is 17.0 Å². The van der Waals surface area contributed by atoms with E-state index in [9.17, 15) is 19.5 Å². The number of nitrogens with one attached hydrogen (secondary N) is 1. The van der Waals surface area contributed by atoms with E-state index in [1.165, 1.54) is 35.5 Å². The Balaban J connectivity index is 1.33. The topological polar surface area (TPSA) is 189 Å². The van der Waals surface area contributed by atoms with Gasteiger partial charge in [-0.3, -0.25) is 14.5 Å². The van der Waals surface area contributed by atoms with Crippen molar-refractivity contribution >= 4 is 68.7 Å². The van der Waals surface area contributed by atoms with Crippen LogP contribution in [0.4, 0.5) is 5.13 Å². The molecule has 16 heteroatoms. The summed E-state index contributed by atoms with van der Waals surface area (Å²) >= 11 is 3.88. The molecular formula is C20H20N8O5S3. The Bertz CT molecular complexity index is 1300. The maximum Gasteiger partial charge on any atom is 0.352 e. The monoisotopic (exact) mass is 548 g/mol. The van der Waals surface area contributed by atoms with Crippen molar-refractivity contribution in [1.82, 2.24) is 20.1 Å². The number of carboxylic acids is 1. The van der Waals surface area contributed by atoms with Crippen LogP contribution in [-0.4, -0.2) is 84.8 Å². The lowest BCUT2D eigenvalue weighted by atomic mass is 10.0. The number of carbonyl (C=O) groups excluding carboxylic acids is 2. The SMILES string of the molecule is CO/N=C(\C(=O)NC1C(=O)N2C(C(=O)O)=C(CN3C=CC=C4N=C(N)SC43)CS[C@H]12)c1csc(N)n1. The number of β-lactam (4-membered cyclic amide) rings is 1. The molecule has 0 bridgehead atoms. The number of thiazole rings is 1. The number of nitrogens with two attached hydrogens (primary N) is 2. The number of nitrogens with zero attached hydrogens (tertiary/aromatic N) is 5. The minimum Gasteiger partial charge on any atom is -0.477 e. The van der Waals surface area contributed by atoms with Gasteiger partial charge in [0, 0.05) is 23.9 Å². The number of aliphatic carboxylic acids is 1. The van der Waals surface area contributed by atoms with Crippen LogP contribution < -0.4 is 16.8 Å². The minimum atomic E-state index is -1.21. The normalized spacial score (nSPS) is 25.1. The maximum atomic E-state index is 13.1. The number of hydrogen-bond acceptors (Lipinski definition) is 13. The third-order valence-corrected chi connectivity index (χ3v) is 8.72. The molecule has 5 heterocycles. The van der Waals surface area contributed by atoms with Crippen molar-refractivity contribution in [3.63, 3.8) is 0 Å². The van der Waals surface area contributed by atoms with Gasteiger partial charge >= 0.3 is 5.97 Å². The van der Waals surface area contributed by atoms with Gasteiger partial charge in [-0.1, -0.05) is 16.9 Å². The van der Waals surface area contributed by atoms with Crippen molar-refractivity contribution in [2.75, 3.05) is 25.1 Å². The Kier molecular flexibility index (Phi) is 6.40. The summed E-state index contributed by atoms with van der Waals surface area (Å²) in [7, 11) is 1.28. The molecule has 0 spiro atoms. The summed E-state index contributed by atoms with van der Waals surface area (Å²) in [4.78, 5) is 54.4. The number of rotatable bonds is 7. The quantitative estimate of drug-likeness (QED) is 0.202. The summed E-state index contributed by atoms with van der Waals surface area (Å²) in [5.41, 5.74) is 12.9. The number of aromatic nitrogens is 1. The number of thioether (sulfide) groups is 2. The lowest BCUT2D eigenvalue weighted by Gasteiger charge is -2.49. The van der Waals surface area contributed by atoms with Crippen LogP contribution >= 0.6 is 34.9 Å². The number of amides is 2. The summed E-state index contributed by atoms with van der Waals surface area (Å²) in [6.45, 7) is 0.284. The van der Waals surface area contributed by atoms with Crippen molar-refractivity contribution in [3.05, 3.63) is 46.4 Å². The Morgan fingerprint density at radius 1 is 1.39 bits per heavy atom. The molecule has 5 rings (SSSR count). The third kappa shape index (κ3) is 4.20. The summed E-state index contributed by atoms with van der Waals surface area (Å²) in [5, 5.41) is 17.8. The molecule has 1 saturated heterocycles. The highest BCUT2D eigenvalue weighted by Gasteiger charge is 2.54. The van der Waals surface area contributed by atoms with E-state index in [0.29, 0.717) is 16.5 Å². The van der Waals surface area contributed by atoms with Crippen LogP contribution in [0.1, 0.15) is 5.69 Å². The van der Waals surface area contributed by atoms with Crippen LogP contribution in [0.3, 0.4) is 0 Å². The van der Waals surface area contributed by atoms with E-state index >= 15 is 0 Å². The largest absolute Gasteiger partial charge is 0.477 e. The van der Waals surface area contributed by atoms with Crippen LogP contribution in [0, 0.1) is 0 Å². The molecule has 6 N–H and O–H groups in total. The average Bonchev–Trinajstić information content (AvgIpc) is 3.45. The molecule has 0 radical (unpaired) electrons. The van der Waals surface area contributed by atoms with Gasteiger partial charge in [0.05, 0.1) is 5.70 Å². The standard InChI is InChI=1S/C20H20N8O5S3/c1-33-26-11(10-7-35-19(21)24-10)14(29)25-12-15(30)28-13(18(31)32)8(6-34-17(12)28)5-27-4-2-3-9-16(27)36-20(22)23-9/h2-4,7,12,16-17H,5-6H2,1H3,(H2,21,24)(H2,22,23)(H,25,29)(H,31,32)/b26-11-/t12?,16?,17-/m1/s1. The van der Waals surface area contributed by atoms with Crippen LogP contribution in [-0.2, 0) is 19.2 Å². The Morgan fingerprint density at radius 2 is 2.19 bits per heavy atom. The lowest BCUT2D eigenvalue weighted by molar-refractivity contribution is -0.150. The van der Waals surface area contributed by atoms with Crippen LogP contribution in [0.15, 0.2) is 50.8 Å². The zero-order valence-corrected chi connectivity index (χ0v) is 21.1. The van der Waals surface area contributed by atoms with E-state index in [-0.39, 0.29) is 34.2 Å². The zero-order valence-electron chi connectivity index (χ0n) is 18.7. The van der Waals surface area contributed by atoms with Crippen LogP contribution in [0.5, 0.6) is 0 Å². The number of aliphatic imine (C=N–C) groups is 1. The van der Waals surface area contributed by atoms with E-state index < -0.39 is 29.2 Å². The number of oxime groups is 1. The molecule has 1 aromatic heterocycles. The van der Waals surface area contributed by atoms with Crippen molar-refractivity contribution in [2.45, 2.75) is 16.8 Å². The summed E-state index contributed by atoms with van der Waals surface area (Å²) in [5.74, 6) is -2.05. The van der Waals surface area contributed by atoms with Gasteiger partial charge in [-0.25, -0.2) is 14.8 Å². The summed E-state index contributed by atoms with van der Waals surface area (Å²) in [6.07, 6.45) is 5.53. The summed E-state index contributed by atoms with van der Waals surface area (Å²) in [6, 6.07) is -0.931. The van der Waals surface area contributed by atoms with Gasteiger partial charge in [0.25, 0.3) is 11.8 Å². The first-order chi connectivity index (χ1) is 17.3. The van der Waals surface area contributed by atoms with Gasteiger partial charge in [0.1, 0.15) is 35.3 Å². The Hall–Kier alpha value is -3.50. The first-order valence-corrected chi connectivity index (χ1v) is 13.3. The first-order valence-electron chi connectivity index (χ1n) is 10.5. The molecule has 0 aromatic carbocycles. The van der Waals surface area contributed by atoms with Gasteiger partial charge in [0.2, 0.25) is 0 Å². The minimum absolute atomic E-state index is 0.0753. The smallest absolute Gasteiger partial charge is 0.352 e. The van der Waals surface area contributed by atoms with Crippen LogP contribution in [0.25, 0.3) is 0 Å². The van der Waals surface area contributed by atoms with Gasteiger partial charge in [-0.15, -0.1) is 23.1 Å². The highest BCUT2D eigenvalue weighted by Crippen LogP contribution is 2.42. The molecular weight excluding hydrogens is 528 g/mol. The maximum absolute atomic E-state index is 13.1. The lowest BCUT2D eigenvalue weighted by Crippen LogP contribution is -2.71. The highest BCUT2D eigenvalue weighted by molar-refractivity contribution is 8.14. The molecule has 36 heavy (non-hydrogen) atoms. The third-order valence-electron chi connectivity index (χ3n) is 5.64. The molecule has 4 aliphatic heterocycles. The van der Waals surface area contributed by atoms with Crippen molar-refractivity contribution < 1.29 is 24.3 Å². The molecule has 188 valence electrons. The van der Waals surface area contributed by atoms with Gasteiger partial charge < -0.3 is 31.6 Å². The van der Waals surface area contributed by atoms with Crippen LogP contribution in [0.2, 0.25) is 0 Å². The number of hydrogen-bond donors (Lipinski definition) is 4. The van der Waals surface area contributed by atoms with Crippen molar-refractivity contribution in [1.29, 1.82) is 0 Å². The van der Waals surface area contributed by atoms with Gasteiger partial charge in [-0.05, 0) is 17.7 Å². The van der Waals surface area contributed by atoms with E-state index in [4.69, 9.17) is 16.3 Å². The number of carboxylic acid groups (broad SMARTS) is 1. The molecule has 2 unspecified atom stereocenters. The Labute approximate surface area is 217 Å². The number of nitrogen functional groups attached to an aromatic ring is 1. The van der Waals surface area contributed by atoms with Gasteiger partial charge in [-0.2, -0.15) is 0 Å².